The second-order valence-electron chi connectivity index (χ2n) is 8.62. The Labute approximate surface area is 147 Å². The molecule has 2 unspecified atom stereocenters. The van der Waals surface area contributed by atoms with Crippen LogP contribution < -0.4 is 0 Å². The minimum Gasteiger partial charge on any atom is -0.459 e. The number of rotatable bonds is 4. The summed E-state index contributed by atoms with van der Waals surface area (Å²) >= 11 is 0. The molecule has 0 bridgehead atoms. The summed E-state index contributed by atoms with van der Waals surface area (Å²) in [5.41, 5.74) is -1.23. The number of carbonyl (C=O) groups is 1. The molecule has 1 rings (SSSR count). The molecule has 1 saturated heterocycles. The zero-order chi connectivity index (χ0) is 17.3. The third kappa shape index (κ3) is 5.59. The van der Waals surface area contributed by atoms with Gasteiger partial charge in [0, 0.05) is 18.6 Å². The molecule has 138 valence electrons. The van der Waals surface area contributed by atoms with Crippen molar-refractivity contribution >= 4 is 18.4 Å². The minimum atomic E-state index is -0.634. The van der Waals surface area contributed by atoms with Gasteiger partial charge in [-0.1, -0.05) is 20.8 Å². The summed E-state index contributed by atoms with van der Waals surface area (Å²) in [7, 11) is 0. The Morgan fingerprint density at radius 2 is 1.78 bits per heavy atom. The molecule has 1 heterocycles. The van der Waals surface area contributed by atoms with Crippen LogP contribution in [0.25, 0.3) is 0 Å². The van der Waals surface area contributed by atoms with Crippen molar-refractivity contribution in [1.82, 2.24) is 5.06 Å². The summed E-state index contributed by atoms with van der Waals surface area (Å²) in [5, 5.41) is 11.9. The van der Waals surface area contributed by atoms with Crippen molar-refractivity contribution < 1.29 is 19.5 Å². The Bertz CT molecular complexity index is 404. The topological polar surface area (TPSA) is 59.0 Å². The number of ether oxygens (including phenoxy) is 2. The van der Waals surface area contributed by atoms with E-state index in [0.717, 1.165) is 0 Å². The van der Waals surface area contributed by atoms with E-state index in [0.29, 0.717) is 19.4 Å². The Balaban J connectivity index is 0.00000484. The van der Waals surface area contributed by atoms with E-state index in [1.165, 1.54) is 5.06 Å². The Hall–Kier alpha value is -0.360. The van der Waals surface area contributed by atoms with Gasteiger partial charge in [0.2, 0.25) is 0 Å². The third-order valence-electron chi connectivity index (χ3n) is 4.16. The maximum atomic E-state index is 12.2. The lowest BCUT2D eigenvalue weighted by atomic mass is 9.77. The average molecular weight is 352 g/mol. The number of hydroxylamine groups is 2. The van der Waals surface area contributed by atoms with Gasteiger partial charge in [0.25, 0.3) is 0 Å². The van der Waals surface area contributed by atoms with E-state index in [9.17, 15) is 10.0 Å². The first-order valence-corrected chi connectivity index (χ1v) is 8.11. The maximum absolute atomic E-state index is 12.2. The smallest absolute Gasteiger partial charge is 0.306 e. The van der Waals surface area contributed by atoms with Crippen molar-refractivity contribution in [2.45, 2.75) is 91.5 Å². The van der Waals surface area contributed by atoms with Crippen LogP contribution in [-0.4, -0.2) is 46.1 Å². The Kier molecular flexibility index (Phi) is 7.56. The Morgan fingerprint density at radius 3 is 2.22 bits per heavy atom. The fraction of sp³-hybridized carbons (Fsp3) is 0.941. The van der Waals surface area contributed by atoms with Gasteiger partial charge in [-0.15, -0.1) is 12.4 Å². The maximum Gasteiger partial charge on any atom is 0.306 e. The van der Waals surface area contributed by atoms with Crippen LogP contribution >= 0.6 is 12.4 Å². The number of hydrogen-bond acceptors (Lipinski definition) is 5. The van der Waals surface area contributed by atoms with Crippen LogP contribution in [0.2, 0.25) is 0 Å². The van der Waals surface area contributed by atoms with Crippen molar-refractivity contribution in [3.63, 3.8) is 0 Å². The van der Waals surface area contributed by atoms with Crippen molar-refractivity contribution in [2.75, 3.05) is 6.61 Å². The molecule has 0 saturated carbocycles. The molecule has 6 heteroatoms. The first-order chi connectivity index (χ1) is 9.81. The number of carbonyl (C=O) groups excluding carboxylic acids is 1. The molecule has 0 radical (unpaired) electrons. The average Bonchev–Trinajstić information content (AvgIpc) is 2.29. The van der Waals surface area contributed by atoms with Gasteiger partial charge >= 0.3 is 5.97 Å². The lowest BCUT2D eigenvalue weighted by Crippen LogP contribution is -2.69. The number of nitrogens with zero attached hydrogens (tertiary/aromatic N) is 1. The third-order valence-corrected chi connectivity index (χ3v) is 4.16. The van der Waals surface area contributed by atoms with Crippen LogP contribution in [0.5, 0.6) is 0 Å². The lowest BCUT2D eigenvalue weighted by Gasteiger charge is -2.54. The molecule has 1 fully saturated rings. The second kappa shape index (κ2) is 7.68. The summed E-state index contributed by atoms with van der Waals surface area (Å²) in [5.74, 6) is -0.208. The second-order valence-corrected chi connectivity index (χ2v) is 8.62. The monoisotopic (exact) mass is 351 g/mol. The van der Waals surface area contributed by atoms with Gasteiger partial charge in [-0.25, -0.2) is 0 Å². The first-order valence-electron chi connectivity index (χ1n) is 8.11. The summed E-state index contributed by atoms with van der Waals surface area (Å²) < 4.78 is 11.6. The van der Waals surface area contributed by atoms with Crippen LogP contribution in [0.3, 0.4) is 0 Å². The van der Waals surface area contributed by atoms with E-state index in [1.807, 2.05) is 55.4 Å². The van der Waals surface area contributed by atoms with Crippen molar-refractivity contribution in [1.29, 1.82) is 0 Å². The number of esters is 1. The van der Waals surface area contributed by atoms with Gasteiger partial charge in [-0.2, -0.15) is 5.06 Å². The van der Waals surface area contributed by atoms with Crippen LogP contribution in [0.4, 0.5) is 0 Å². The zero-order valence-corrected chi connectivity index (χ0v) is 16.6. The highest BCUT2D eigenvalue weighted by molar-refractivity contribution is 5.85. The molecule has 0 aromatic rings. The molecule has 23 heavy (non-hydrogen) atoms. The highest BCUT2D eigenvalue weighted by atomic mass is 35.5. The van der Waals surface area contributed by atoms with Gasteiger partial charge in [0.1, 0.15) is 12.2 Å². The molecule has 1 aliphatic heterocycles. The number of hydrogen-bond donors (Lipinski definition) is 1. The van der Waals surface area contributed by atoms with Gasteiger partial charge in [0.05, 0.1) is 12.0 Å². The molecule has 0 aromatic carbocycles. The van der Waals surface area contributed by atoms with Crippen molar-refractivity contribution in [2.24, 2.45) is 5.41 Å². The van der Waals surface area contributed by atoms with Gasteiger partial charge in [0.15, 0.2) is 0 Å². The largest absolute Gasteiger partial charge is 0.459 e. The van der Waals surface area contributed by atoms with Gasteiger partial charge in [-0.3, -0.25) is 4.79 Å². The molecule has 0 amide bonds. The molecular weight excluding hydrogens is 318 g/mol. The van der Waals surface area contributed by atoms with Gasteiger partial charge in [-0.05, 0) is 40.0 Å². The van der Waals surface area contributed by atoms with Crippen molar-refractivity contribution in [3.05, 3.63) is 0 Å². The first kappa shape index (κ1) is 22.6. The van der Waals surface area contributed by atoms with Crippen LogP contribution in [0, 0.1) is 5.41 Å². The molecule has 0 aliphatic carbocycles. The quantitative estimate of drug-likeness (QED) is 0.780. The predicted octanol–water partition coefficient (Wildman–Crippen LogP) is 3.81. The molecular formula is C17H34ClNO4. The molecule has 1 aliphatic rings. The van der Waals surface area contributed by atoms with Crippen LogP contribution in [0.15, 0.2) is 0 Å². The highest BCUT2D eigenvalue weighted by Gasteiger charge is 2.54. The predicted molar refractivity (Wildman–Crippen MR) is 93.0 cm³/mol. The standard InChI is InChI=1S/C17H33NO4.ClH/c1-9-21-14-12(22-13(19)11-15(2,3)4)10-16(5,6)18(20)17(14,7)8;/h12,14,20H,9-11H2,1-8H3;1H. The summed E-state index contributed by atoms with van der Waals surface area (Å²) in [6.07, 6.45) is 0.183. The molecule has 1 N–H and O–H groups in total. The summed E-state index contributed by atoms with van der Waals surface area (Å²) in [6.45, 7) is 16.2. The highest BCUT2D eigenvalue weighted by Crippen LogP contribution is 2.40. The van der Waals surface area contributed by atoms with Gasteiger partial charge < -0.3 is 14.7 Å². The normalized spacial score (nSPS) is 27.2. The summed E-state index contributed by atoms with van der Waals surface area (Å²) in [6, 6.07) is 0. The van der Waals surface area contributed by atoms with Crippen molar-refractivity contribution in [3.8, 4) is 0 Å². The Morgan fingerprint density at radius 1 is 1.26 bits per heavy atom. The SMILES string of the molecule is CCOC1C(OC(=O)CC(C)(C)C)CC(C)(C)N(O)C1(C)C.Cl. The van der Waals surface area contributed by atoms with E-state index >= 15 is 0 Å². The minimum absolute atomic E-state index is 0. The van der Waals surface area contributed by atoms with E-state index in [1.54, 1.807) is 0 Å². The molecule has 2 atom stereocenters. The fourth-order valence-electron chi connectivity index (χ4n) is 3.28. The summed E-state index contributed by atoms with van der Waals surface area (Å²) in [4.78, 5) is 12.2. The van der Waals surface area contributed by atoms with E-state index < -0.39 is 11.1 Å². The van der Waals surface area contributed by atoms with E-state index in [2.05, 4.69) is 0 Å². The zero-order valence-electron chi connectivity index (χ0n) is 15.8. The van der Waals surface area contributed by atoms with E-state index in [-0.39, 0.29) is 36.0 Å². The van der Waals surface area contributed by atoms with Crippen LogP contribution in [0.1, 0.15) is 68.2 Å². The number of piperidine rings is 1. The molecule has 0 spiro atoms. The number of halogens is 1. The lowest BCUT2D eigenvalue weighted by molar-refractivity contribution is -0.299. The molecule has 5 nitrogen and oxygen atoms in total. The van der Waals surface area contributed by atoms with E-state index in [4.69, 9.17) is 9.47 Å². The fourth-order valence-corrected chi connectivity index (χ4v) is 3.28. The molecule has 0 aromatic heterocycles. The van der Waals surface area contributed by atoms with Crippen LogP contribution in [-0.2, 0) is 14.3 Å².